The van der Waals surface area contributed by atoms with Crippen LogP contribution in [0.3, 0.4) is 0 Å². The second kappa shape index (κ2) is 2.29. The maximum absolute atomic E-state index is 8.58. The largest absolute Gasteiger partial charge is 0.339 e. The first-order valence-electron chi connectivity index (χ1n) is 3.46. The summed E-state index contributed by atoms with van der Waals surface area (Å²) in [6.45, 7) is 1.62. The molecule has 1 fully saturated rings. The molecule has 2 heterocycles. The van der Waals surface area contributed by atoms with E-state index >= 15 is 0 Å². The fourth-order valence-corrected chi connectivity index (χ4v) is 1.17. The SMILES string of the molecule is N#CC1=CCN2CNNC2=C1. The Kier molecular flexibility index (Phi) is 1.30. The number of fused-ring (bicyclic) bond motifs is 1. The molecule has 0 saturated carbocycles. The summed E-state index contributed by atoms with van der Waals surface area (Å²) in [6, 6.07) is 2.11. The number of hydrazine groups is 1. The topological polar surface area (TPSA) is 51.1 Å². The van der Waals surface area contributed by atoms with E-state index < -0.39 is 0 Å². The summed E-state index contributed by atoms with van der Waals surface area (Å²) in [6.07, 6.45) is 3.75. The van der Waals surface area contributed by atoms with Crippen molar-refractivity contribution in [3.63, 3.8) is 0 Å². The summed E-state index contributed by atoms with van der Waals surface area (Å²) in [4.78, 5) is 2.11. The van der Waals surface area contributed by atoms with Crippen LogP contribution in [0.5, 0.6) is 0 Å². The van der Waals surface area contributed by atoms with E-state index in [0.717, 1.165) is 24.6 Å². The summed E-state index contributed by atoms with van der Waals surface area (Å²) in [5, 5.41) is 8.58. The number of rotatable bonds is 0. The van der Waals surface area contributed by atoms with Crippen molar-refractivity contribution < 1.29 is 0 Å². The molecule has 0 aromatic carbocycles. The lowest BCUT2D eigenvalue weighted by Gasteiger charge is -2.18. The molecule has 0 aliphatic carbocycles. The molecule has 1 saturated heterocycles. The van der Waals surface area contributed by atoms with Crippen molar-refractivity contribution in [3.8, 4) is 6.07 Å². The fraction of sp³-hybridized carbons (Fsp3) is 0.286. The molecule has 0 bridgehead atoms. The normalized spacial score (nSPS) is 21.2. The van der Waals surface area contributed by atoms with Gasteiger partial charge in [-0.3, -0.25) is 0 Å². The molecule has 2 N–H and O–H groups in total. The Labute approximate surface area is 64.8 Å². The third-order valence-corrected chi connectivity index (χ3v) is 1.78. The van der Waals surface area contributed by atoms with Gasteiger partial charge in [-0.05, 0) is 12.2 Å². The van der Waals surface area contributed by atoms with Gasteiger partial charge >= 0.3 is 0 Å². The Morgan fingerprint density at radius 2 is 2.55 bits per heavy atom. The third-order valence-electron chi connectivity index (χ3n) is 1.78. The standard InChI is InChI=1S/C7H8N4/c8-4-6-1-2-11-5-9-10-7(11)3-6/h1,3,9-10H,2,5H2. The van der Waals surface area contributed by atoms with Gasteiger partial charge < -0.3 is 10.3 Å². The van der Waals surface area contributed by atoms with Crippen LogP contribution >= 0.6 is 0 Å². The Morgan fingerprint density at radius 1 is 1.64 bits per heavy atom. The molecule has 4 nitrogen and oxygen atoms in total. The van der Waals surface area contributed by atoms with Crippen LogP contribution in [0.15, 0.2) is 23.5 Å². The van der Waals surface area contributed by atoms with Crippen LogP contribution in [0, 0.1) is 11.3 Å². The van der Waals surface area contributed by atoms with Crippen LogP contribution < -0.4 is 10.9 Å². The predicted molar refractivity (Wildman–Crippen MR) is 39.6 cm³/mol. The van der Waals surface area contributed by atoms with Gasteiger partial charge in [0, 0.05) is 6.54 Å². The van der Waals surface area contributed by atoms with Gasteiger partial charge in [0.25, 0.3) is 0 Å². The van der Waals surface area contributed by atoms with Crippen LogP contribution in [0.2, 0.25) is 0 Å². The second-order valence-corrected chi connectivity index (χ2v) is 2.48. The highest BCUT2D eigenvalue weighted by atomic mass is 15.6. The van der Waals surface area contributed by atoms with Crippen LogP contribution in [0.25, 0.3) is 0 Å². The minimum atomic E-state index is 0.729. The van der Waals surface area contributed by atoms with Gasteiger partial charge in [-0.15, -0.1) is 0 Å². The first kappa shape index (κ1) is 6.25. The van der Waals surface area contributed by atoms with E-state index in [1.165, 1.54) is 0 Å². The van der Waals surface area contributed by atoms with Crippen molar-refractivity contribution in [1.82, 2.24) is 15.8 Å². The molecule has 2 rings (SSSR count). The van der Waals surface area contributed by atoms with E-state index in [2.05, 4.69) is 21.8 Å². The average Bonchev–Trinajstić information content (AvgIpc) is 2.50. The molecule has 2 aliphatic rings. The Balaban J connectivity index is 2.25. The molecule has 0 aromatic heterocycles. The van der Waals surface area contributed by atoms with Crippen LogP contribution in [0.4, 0.5) is 0 Å². The van der Waals surface area contributed by atoms with Crippen LogP contribution in [0.1, 0.15) is 0 Å². The summed E-state index contributed by atoms with van der Waals surface area (Å²) in [5.41, 5.74) is 6.67. The monoisotopic (exact) mass is 148 g/mol. The minimum absolute atomic E-state index is 0.729. The molecular weight excluding hydrogens is 140 g/mol. The summed E-state index contributed by atoms with van der Waals surface area (Å²) < 4.78 is 0. The van der Waals surface area contributed by atoms with Crippen LogP contribution in [-0.2, 0) is 0 Å². The van der Waals surface area contributed by atoms with Gasteiger partial charge in [0.1, 0.15) is 5.82 Å². The zero-order valence-electron chi connectivity index (χ0n) is 5.96. The highest BCUT2D eigenvalue weighted by Gasteiger charge is 2.17. The number of allylic oxidation sites excluding steroid dienone is 2. The molecule has 0 amide bonds. The molecule has 0 atom stereocenters. The number of nitriles is 1. The van der Waals surface area contributed by atoms with E-state index in [-0.39, 0.29) is 0 Å². The van der Waals surface area contributed by atoms with Crippen molar-refractivity contribution in [2.24, 2.45) is 0 Å². The Morgan fingerprint density at radius 3 is 3.36 bits per heavy atom. The number of nitrogens with zero attached hydrogens (tertiary/aromatic N) is 2. The zero-order chi connectivity index (χ0) is 7.68. The molecule has 0 unspecified atom stereocenters. The van der Waals surface area contributed by atoms with Crippen molar-refractivity contribution in [2.45, 2.75) is 0 Å². The zero-order valence-corrected chi connectivity index (χ0v) is 5.96. The predicted octanol–water partition coefficient (Wildman–Crippen LogP) is -0.341. The van der Waals surface area contributed by atoms with E-state index in [1.807, 2.05) is 12.2 Å². The van der Waals surface area contributed by atoms with Crippen LogP contribution in [-0.4, -0.2) is 18.1 Å². The fourth-order valence-electron chi connectivity index (χ4n) is 1.17. The molecule has 56 valence electrons. The van der Waals surface area contributed by atoms with Gasteiger partial charge in [-0.1, -0.05) is 0 Å². The van der Waals surface area contributed by atoms with Crippen molar-refractivity contribution >= 4 is 0 Å². The van der Waals surface area contributed by atoms with E-state index in [0.29, 0.717) is 0 Å². The highest BCUT2D eigenvalue weighted by Crippen LogP contribution is 2.13. The van der Waals surface area contributed by atoms with E-state index in [4.69, 9.17) is 5.26 Å². The van der Waals surface area contributed by atoms with Gasteiger partial charge in [0.05, 0.1) is 18.3 Å². The number of hydrogen-bond donors (Lipinski definition) is 2. The third kappa shape index (κ3) is 0.954. The van der Waals surface area contributed by atoms with Crippen molar-refractivity contribution in [3.05, 3.63) is 23.5 Å². The van der Waals surface area contributed by atoms with E-state index in [9.17, 15) is 0 Å². The maximum Gasteiger partial charge on any atom is 0.118 e. The molecular formula is C7H8N4. The van der Waals surface area contributed by atoms with Gasteiger partial charge in [0.2, 0.25) is 0 Å². The molecule has 2 aliphatic heterocycles. The summed E-state index contributed by atoms with van der Waals surface area (Å²) in [7, 11) is 0. The number of hydrogen-bond acceptors (Lipinski definition) is 4. The quantitative estimate of drug-likeness (QED) is 0.493. The molecule has 0 spiro atoms. The molecule has 4 heteroatoms. The first-order valence-corrected chi connectivity index (χ1v) is 3.46. The molecule has 0 radical (unpaired) electrons. The van der Waals surface area contributed by atoms with Crippen molar-refractivity contribution in [2.75, 3.05) is 13.2 Å². The second-order valence-electron chi connectivity index (χ2n) is 2.48. The summed E-state index contributed by atoms with van der Waals surface area (Å²) >= 11 is 0. The Bertz CT molecular complexity index is 271. The average molecular weight is 148 g/mol. The molecule has 11 heavy (non-hydrogen) atoms. The summed E-state index contributed by atoms with van der Waals surface area (Å²) in [5.74, 6) is 0.990. The smallest absolute Gasteiger partial charge is 0.118 e. The number of nitrogens with one attached hydrogen (secondary N) is 2. The molecule has 0 aromatic rings. The van der Waals surface area contributed by atoms with E-state index in [1.54, 1.807) is 0 Å². The van der Waals surface area contributed by atoms with Gasteiger partial charge in [0.15, 0.2) is 0 Å². The Hall–Kier alpha value is -1.47. The van der Waals surface area contributed by atoms with Crippen molar-refractivity contribution in [1.29, 1.82) is 5.26 Å². The van der Waals surface area contributed by atoms with Gasteiger partial charge in [-0.2, -0.15) is 5.26 Å². The first-order chi connectivity index (χ1) is 5.40. The lowest BCUT2D eigenvalue weighted by atomic mass is 10.2. The lowest BCUT2D eigenvalue weighted by molar-refractivity contribution is 0.419. The lowest BCUT2D eigenvalue weighted by Crippen LogP contribution is -2.23. The highest BCUT2D eigenvalue weighted by molar-refractivity contribution is 5.38. The minimum Gasteiger partial charge on any atom is -0.339 e. The van der Waals surface area contributed by atoms with Gasteiger partial charge in [-0.25, -0.2) is 5.43 Å². The maximum atomic E-state index is 8.58.